The van der Waals surface area contributed by atoms with Crippen LogP contribution in [0.1, 0.15) is 11.1 Å². The maximum atomic E-state index is 13.1. The van der Waals surface area contributed by atoms with Crippen molar-refractivity contribution in [3.63, 3.8) is 0 Å². The minimum absolute atomic E-state index is 0.0574. The summed E-state index contributed by atoms with van der Waals surface area (Å²) in [4.78, 5) is 16.3. The number of anilines is 1. The van der Waals surface area contributed by atoms with E-state index in [0.717, 1.165) is 11.8 Å². The number of alkyl halides is 3. The number of nitrogens with zero attached hydrogens (tertiary/aromatic N) is 2. The van der Waals surface area contributed by atoms with E-state index < -0.39 is 11.7 Å². The van der Waals surface area contributed by atoms with Crippen molar-refractivity contribution in [2.45, 2.75) is 11.1 Å². The molecule has 0 unspecified atom stereocenters. The number of piperazine rings is 1. The third-order valence-electron chi connectivity index (χ3n) is 4.60. The molecule has 2 aromatic rings. The Bertz CT molecular complexity index is 844. The number of hydrogen-bond acceptors (Lipinski definition) is 3. The predicted octanol–water partition coefficient (Wildman–Crippen LogP) is 4.36. The summed E-state index contributed by atoms with van der Waals surface area (Å²) in [6.45, 7) is 6.03. The molecule has 1 heterocycles. The second-order valence-electron chi connectivity index (χ2n) is 6.32. The van der Waals surface area contributed by atoms with Crippen molar-refractivity contribution < 1.29 is 18.0 Å². The van der Waals surface area contributed by atoms with Crippen LogP contribution in [0.25, 0.3) is 5.57 Å². The van der Waals surface area contributed by atoms with Gasteiger partial charge in [-0.25, -0.2) is 0 Å². The summed E-state index contributed by atoms with van der Waals surface area (Å²) >= 11 is 3.85. The third kappa shape index (κ3) is 4.30. The van der Waals surface area contributed by atoms with Gasteiger partial charge in [0.05, 0.1) is 5.56 Å². The number of rotatable bonds is 3. The molecule has 0 N–H and O–H groups in total. The van der Waals surface area contributed by atoms with Gasteiger partial charge in [-0.2, -0.15) is 13.2 Å². The molecule has 142 valence electrons. The predicted molar refractivity (Wildman–Crippen MR) is 103 cm³/mol. The van der Waals surface area contributed by atoms with Gasteiger partial charge in [0.2, 0.25) is 0 Å². The maximum Gasteiger partial charge on any atom is 0.417 e. The number of hydrogen-bond donors (Lipinski definition) is 1. The molecule has 3 rings (SSSR count). The summed E-state index contributed by atoms with van der Waals surface area (Å²) in [5, 5.41) is 0. The second kappa shape index (κ2) is 7.68. The van der Waals surface area contributed by atoms with Gasteiger partial charge in [-0.05, 0) is 29.8 Å². The van der Waals surface area contributed by atoms with Crippen LogP contribution in [0.3, 0.4) is 0 Å². The van der Waals surface area contributed by atoms with E-state index in [-0.39, 0.29) is 21.9 Å². The Balaban J connectivity index is 1.69. The molecule has 1 fully saturated rings. The number of carbonyl (C=O) groups is 1. The fraction of sp³-hybridized carbons (Fsp3) is 0.250. The van der Waals surface area contributed by atoms with Crippen LogP contribution in [0.2, 0.25) is 0 Å². The first-order valence-electron chi connectivity index (χ1n) is 8.46. The van der Waals surface area contributed by atoms with Crippen LogP contribution in [-0.2, 0) is 11.0 Å². The Kier molecular flexibility index (Phi) is 5.51. The second-order valence-corrected chi connectivity index (χ2v) is 6.80. The molecule has 0 saturated carbocycles. The van der Waals surface area contributed by atoms with Gasteiger partial charge in [-0.1, -0.05) is 30.8 Å². The van der Waals surface area contributed by atoms with Crippen molar-refractivity contribution in [3.8, 4) is 0 Å². The average Bonchev–Trinajstić information content (AvgIpc) is 2.67. The van der Waals surface area contributed by atoms with E-state index in [1.807, 2.05) is 30.3 Å². The number of amides is 1. The Morgan fingerprint density at radius 1 is 1.00 bits per heavy atom. The zero-order chi connectivity index (χ0) is 19.6. The zero-order valence-electron chi connectivity index (χ0n) is 14.5. The van der Waals surface area contributed by atoms with E-state index in [2.05, 4.69) is 24.1 Å². The number of para-hydroxylation sites is 1. The molecule has 1 saturated heterocycles. The summed E-state index contributed by atoms with van der Waals surface area (Å²) < 4.78 is 39.2. The lowest BCUT2D eigenvalue weighted by Gasteiger charge is -2.36. The molecule has 1 aliphatic rings. The van der Waals surface area contributed by atoms with Gasteiger partial charge in [0.15, 0.2) is 0 Å². The smallest absolute Gasteiger partial charge is 0.368 e. The molecule has 0 aliphatic carbocycles. The van der Waals surface area contributed by atoms with E-state index in [1.165, 1.54) is 12.1 Å². The quantitative estimate of drug-likeness (QED) is 0.620. The monoisotopic (exact) mass is 392 g/mol. The van der Waals surface area contributed by atoms with Gasteiger partial charge < -0.3 is 9.80 Å². The lowest BCUT2D eigenvalue weighted by molar-refractivity contribution is -0.139. The molecule has 0 radical (unpaired) electrons. The van der Waals surface area contributed by atoms with Crippen LogP contribution in [0.4, 0.5) is 18.9 Å². The summed E-state index contributed by atoms with van der Waals surface area (Å²) in [7, 11) is 0. The lowest BCUT2D eigenvalue weighted by Crippen LogP contribution is -2.49. The number of halogens is 3. The average molecular weight is 392 g/mol. The molecule has 27 heavy (non-hydrogen) atoms. The number of thiol groups is 1. The molecular weight excluding hydrogens is 373 g/mol. The Morgan fingerprint density at radius 2 is 1.63 bits per heavy atom. The summed E-state index contributed by atoms with van der Waals surface area (Å²) in [5.74, 6) is -0.345. The van der Waals surface area contributed by atoms with Gasteiger partial charge in [0.25, 0.3) is 5.91 Å². The zero-order valence-corrected chi connectivity index (χ0v) is 15.4. The topological polar surface area (TPSA) is 23.6 Å². The molecule has 0 aromatic heterocycles. The molecule has 0 atom stereocenters. The summed E-state index contributed by atoms with van der Waals surface area (Å²) in [6, 6.07) is 13.5. The van der Waals surface area contributed by atoms with Gasteiger partial charge in [-0.15, -0.1) is 12.6 Å². The van der Waals surface area contributed by atoms with E-state index in [4.69, 9.17) is 0 Å². The normalized spacial score (nSPS) is 15.0. The molecule has 0 spiro atoms. The van der Waals surface area contributed by atoms with Crippen LogP contribution >= 0.6 is 12.6 Å². The molecule has 2 aromatic carbocycles. The highest BCUT2D eigenvalue weighted by atomic mass is 32.1. The van der Waals surface area contributed by atoms with Gasteiger partial charge in [-0.3, -0.25) is 4.79 Å². The van der Waals surface area contributed by atoms with Crippen molar-refractivity contribution >= 4 is 29.8 Å². The Labute approximate surface area is 161 Å². The van der Waals surface area contributed by atoms with Gasteiger partial charge >= 0.3 is 6.18 Å². The fourth-order valence-electron chi connectivity index (χ4n) is 3.07. The SMILES string of the molecule is C=C(C(=O)N1CCN(c2ccccc2)CC1)c1ccc(S)c(C(F)(F)F)c1. The Hall–Kier alpha value is -2.41. The van der Waals surface area contributed by atoms with Crippen LogP contribution < -0.4 is 4.90 Å². The summed E-state index contributed by atoms with van der Waals surface area (Å²) in [5.41, 5.74) is 0.436. The van der Waals surface area contributed by atoms with E-state index in [9.17, 15) is 18.0 Å². The van der Waals surface area contributed by atoms with Crippen LogP contribution in [0.5, 0.6) is 0 Å². The molecule has 0 bridgehead atoms. The first-order chi connectivity index (χ1) is 12.8. The van der Waals surface area contributed by atoms with Crippen molar-refractivity contribution in [2.24, 2.45) is 0 Å². The molecule has 1 aliphatic heterocycles. The third-order valence-corrected chi connectivity index (χ3v) is 4.99. The van der Waals surface area contributed by atoms with E-state index >= 15 is 0 Å². The van der Waals surface area contributed by atoms with Crippen LogP contribution in [0.15, 0.2) is 60.0 Å². The molecule has 1 amide bonds. The highest BCUT2D eigenvalue weighted by Gasteiger charge is 2.33. The highest BCUT2D eigenvalue weighted by molar-refractivity contribution is 7.80. The fourth-order valence-corrected chi connectivity index (χ4v) is 3.34. The maximum absolute atomic E-state index is 13.1. The molecule has 3 nitrogen and oxygen atoms in total. The van der Waals surface area contributed by atoms with Crippen molar-refractivity contribution in [3.05, 3.63) is 66.2 Å². The van der Waals surface area contributed by atoms with E-state index in [0.29, 0.717) is 26.2 Å². The standard InChI is InChI=1S/C20H19F3N2OS/c1-14(15-7-8-18(27)17(13-15)20(21,22)23)19(26)25-11-9-24(10-12-25)16-5-3-2-4-6-16/h2-8,13,27H,1,9-12H2. The number of benzene rings is 2. The first-order valence-corrected chi connectivity index (χ1v) is 8.91. The van der Waals surface area contributed by atoms with Crippen LogP contribution in [0, 0.1) is 0 Å². The van der Waals surface area contributed by atoms with Gasteiger partial charge in [0.1, 0.15) is 0 Å². The molecular formula is C20H19F3N2OS. The highest BCUT2D eigenvalue weighted by Crippen LogP contribution is 2.35. The minimum atomic E-state index is -4.53. The van der Waals surface area contributed by atoms with Crippen molar-refractivity contribution in [1.29, 1.82) is 0 Å². The van der Waals surface area contributed by atoms with Crippen LogP contribution in [-0.4, -0.2) is 37.0 Å². The van der Waals surface area contributed by atoms with E-state index in [1.54, 1.807) is 4.90 Å². The summed E-state index contributed by atoms with van der Waals surface area (Å²) in [6.07, 6.45) is -4.53. The largest absolute Gasteiger partial charge is 0.417 e. The van der Waals surface area contributed by atoms with Gasteiger partial charge in [0, 0.05) is 42.3 Å². The Morgan fingerprint density at radius 3 is 2.22 bits per heavy atom. The van der Waals surface area contributed by atoms with Crippen molar-refractivity contribution in [2.75, 3.05) is 31.1 Å². The first kappa shape index (κ1) is 19.4. The minimum Gasteiger partial charge on any atom is -0.368 e. The molecule has 7 heteroatoms. The number of carbonyl (C=O) groups excluding carboxylic acids is 1. The van der Waals surface area contributed by atoms with Crippen molar-refractivity contribution in [1.82, 2.24) is 4.90 Å². The lowest BCUT2D eigenvalue weighted by atomic mass is 10.0.